The van der Waals surface area contributed by atoms with Gasteiger partial charge >= 0.3 is 5.97 Å². The van der Waals surface area contributed by atoms with Gasteiger partial charge in [-0.15, -0.1) is 0 Å². The van der Waals surface area contributed by atoms with Gasteiger partial charge in [0.2, 0.25) is 0 Å². The first-order valence-corrected chi connectivity index (χ1v) is 9.41. The highest BCUT2D eigenvalue weighted by Crippen LogP contribution is 2.47. The van der Waals surface area contributed by atoms with Crippen molar-refractivity contribution in [2.45, 2.75) is 37.3 Å². The summed E-state index contributed by atoms with van der Waals surface area (Å²) < 4.78 is 11.5. The van der Waals surface area contributed by atoms with Crippen LogP contribution in [0.2, 0.25) is 0 Å². The van der Waals surface area contributed by atoms with Gasteiger partial charge in [-0.2, -0.15) is 0 Å². The van der Waals surface area contributed by atoms with E-state index >= 15 is 0 Å². The summed E-state index contributed by atoms with van der Waals surface area (Å²) >= 11 is 0. The van der Waals surface area contributed by atoms with Crippen molar-refractivity contribution in [2.24, 2.45) is 0 Å². The number of nitrogens with zero attached hydrogens (tertiary/aromatic N) is 1. The minimum atomic E-state index is -0.835. The van der Waals surface area contributed by atoms with E-state index in [9.17, 15) is 4.79 Å². The third-order valence-corrected chi connectivity index (χ3v) is 6.43. The zero-order chi connectivity index (χ0) is 17.9. The number of rotatable bonds is 1. The standard InChI is InChI=1S/C21H24N2O3/c1-13-14-7-5-10-23-11-9-16-15-6-3-4-8-17(15)22-18(16)21(12-26-13,19(14)23)20(24)25-2/h3-4,6-8,13,19,22H,5,9-12H2,1-2H3/t13-,19+,21+/m0/s1. The molecule has 0 unspecified atom stereocenters. The molecule has 5 heteroatoms. The highest BCUT2D eigenvalue weighted by Gasteiger charge is 2.59. The lowest BCUT2D eigenvalue weighted by Crippen LogP contribution is -2.63. The maximum Gasteiger partial charge on any atom is 0.322 e. The van der Waals surface area contributed by atoms with E-state index in [0.717, 1.165) is 37.1 Å². The number of fused-ring (bicyclic) bond motifs is 4. The SMILES string of the molecule is COC(=O)[C@]12CO[C@@H](C)C3=CCCN(CCc4c1[nH]c1ccccc41)[C@H]32. The molecule has 0 amide bonds. The van der Waals surface area contributed by atoms with Crippen LogP contribution in [0.1, 0.15) is 24.6 Å². The molecule has 5 rings (SSSR count). The molecule has 1 saturated heterocycles. The second-order valence-corrected chi connectivity index (χ2v) is 7.62. The zero-order valence-electron chi connectivity index (χ0n) is 15.2. The van der Waals surface area contributed by atoms with Gasteiger partial charge in [0.05, 0.1) is 25.9 Å². The predicted molar refractivity (Wildman–Crippen MR) is 99.2 cm³/mol. The van der Waals surface area contributed by atoms with Crippen LogP contribution in [0.5, 0.6) is 0 Å². The number of nitrogens with one attached hydrogen (secondary N) is 1. The number of para-hydroxylation sites is 1. The van der Waals surface area contributed by atoms with Gasteiger partial charge in [0.1, 0.15) is 0 Å². The van der Waals surface area contributed by atoms with Crippen LogP contribution in [-0.2, 0) is 26.1 Å². The second kappa shape index (κ2) is 5.69. The molecule has 0 bridgehead atoms. The number of aromatic amines is 1. The Kier molecular flexibility index (Phi) is 3.52. The van der Waals surface area contributed by atoms with Crippen molar-refractivity contribution in [1.82, 2.24) is 9.88 Å². The lowest BCUT2D eigenvalue weighted by molar-refractivity contribution is -0.158. The van der Waals surface area contributed by atoms with Crippen LogP contribution in [-0.4, -0.2) is 54.8 Å². The molecule has 0 saturated carbocycles. The summed E-state index contributed by atoms with van der Waals surface area (Å²) in [5, 5.41) is 1.20. The van der Waals surface area contributed by atoms with Crippen molar-refractivity contribution in [1.29, 1.82) is 0 Å². The summed E-state index contributed by atoms with van der Waals surface area (Å²) in [7, 11) is 1.49. The summed E-state index contributed by atoms with van der Waals surface area (Å²) in [6.07, 6.45) is 4.24. The van der Waals surface area contributed by atoms with Crippen LogP contribution in [0, 0.1) is 0 Å². The largest absolute Gasteiger partial charge is 0.468 e. The Bertz CT molecular complexity index is 915. The first-order chi connectivity index (χ1) is 12.7. The third-order valence-electron chi connectivity index (χ3n) is 6.43. The van der Waals surface area contributed by atoms with Gasteiger partial charge in [-0.3, -0.25) is 9.69 Å². The number of aromatic nitrogens is 1. The van der Waals surface area contributed by atoms with Crippen molar-refractivity contribution < 1.29 is 14.3 Å². The summed E-state index contributed by atoms with van der Waals surface area (Å²) in [5.41, 5.74) is 3.68. The molecule has 0 spiro atoms. The fourth-order valence-electron chi connectivity index (χ4n) is 5.27. The number of esters is 1. The highest BCUT2D eigenvalue weighted by molar-refractivity contribution is 5.92. The Balaban J connectivity index is 1.82. The van der Waals surface area contributed by atoms with Crippen LogP contribution in [0.3, 0.4) is 0 Å². The van der Waals surface area contributed by atoms with E-state index in [2.05, 4.69) is 41.1 Å². The number of carbonyl (C=O) groups excluding carboxylic acids is 1. The number of hydrogen-bond donors (Lipinski definition) is 1. The second-order valence-electron chi connectivity index (χ2n) is 7.62. The van der Waals surface area contributed by atoms with Crippen molar-refractivity contribution in [3.8, 4) is 0 Å². The lowest BCUT2D eigenvalue weighted by Gasteiger charge is -2.50. The Morgan fingerprint density at radius 3 is 3.04 bits per heavy atom. The predicted octanol–water partition coefficient (Wildman–Crippen LogP) is 2.55. The van der Waals surface area contributed by atoms with E-state index in [4.69, 9.17) is 9.47 Å². The number of hydrogen-bond acceptors (Lipinski definition) is 4. The monoisotopic (exact) mass is 352 g/mol. The molecule has 0 radical (unpaired) electrons. The Morgan fingerprint density at radius 2 is 2.19 bits per heavy atom. The van der Waals surface area contributed by atoms with Crippen molar-refractivity contribution >= 4 is 16.9 Å². The molecule has 3 aliphatic rings. The number of ether oxygens (including phenoxy) is 2. The van der Waals surface area contributed by atoms with Crippen molar-refractivity contribution in [3.63, 3.8) is 0 Å². The van der Waals surface area contributed by atoms with Crippen LogP contribution in [0.4, 0.5) is 0 Å². The summed E-state index contributed by atoms with van der Waals surface area (Å²) in [4.78, 5) is 19.3. The molecule has 4 heterocycles. The molecule has 3 atom stereocenters. The van der Waals surface area contributed by atoms with Gasteiger partial charge in [0, 0.05) is 29.7 Å². The maximum atomic E-state index is 13.3. The topological polar surface area (TPSA) is 54.6 Å². The first kappa shape index (κ1) is 16.1. The van der Waals surface area contributed by atoms with Gasteiger partial charge in [-0.1, -0.05) is 24.3 Å². The van der Waals surface area contributed by atoms with Crippen LogP contribution in [0.25, 0.3) is 10.9 Å². The quantitative estimate of drug-likeness (QED) is 0.633. The van der Waals surface area contributed by atoms with E-state index in [-0.39, 0.29) is 18.1 Å². The van der Waals surface area contributed by atoms with Crippen molar-refractivity contribution in [2.75, 3.05) is 26.8 Å². The molecule has 2 aromatic rings. The van der Waals surface area contributed by atoms with Crippen LogP contribution in [0.15, 0.2) is 35.9 Å². The van der Waals surface area contributed by atoms with Gasteiger partial charge in [0.25, 0.3) is 0 Å². The lowest BCUT2D eigenvalue weighted by atomic mass is 9.69. The molecule has 5 nitrogen and oxygen atoms in total. The normalized spacial score (nSPS) is 30.9. The van der Waals surface area contributed by atoms with Crippen LogP contribution < -0.4 is 0 Å². The molecule has 136 valence electrons. The highest BCUT2D eigenvalue weighted by atomic mass is 16.5. The summed E-state index contributed by atoms with van der Waals surface area (Å²) in [6, 6.07) is 8.31. The van der Waals surface area contributed by atoms with Crippen molar-refractivity contribution in [3.05, 3.63) is 47.2 Å². The van der Waals surface area contributed by atoms with E-state index in [1.807, 2.05) is 6.07 Å². The average molecular weight is 352 g/mol. The number of methoxy groups -OCH3 is 1. The third kappa shape index (κ3) is 1.96. The first-order valence-electron chi connectivity index (χ1n) is 9.41. The van der Waals surface area contributed by atoms with E-state index in [0.29, 0.717) is 6.61 Å². The Hall–Kier alpha value is -2.11. The molecule has 1 aromatic carbocycles. The van der Waals surface area contributed by atoms with Gasteiger partial charge < -0.3 is 14.5 Å². The molecule has 1 fully saturated rings. The fourth-order valence-corrected chi connectivity index (χ4v) is 5.27. The number of H-pyrrole nitrogens is 1. The van der Waals surface area contributed by atoms with Gasteiger partial charge in [-0.25, -0.2) is 0 Å². The Morgan fingerprint density at radius 1 is 1.35 bits per heavy atom. The molecule has 1 N–H and O–H groups in total. The van der Waals surface area contributed by atoms with Gasteiger partial charge in [-0.05, 0) is 37.0 Å². The molecule has 1 aromatic heterocycles. The van der Waals surface area contributed by atoms with Gasteiger partial charge in [0.15, 0.2) is 5.41 Å². The average Bonchev–Trinajstić information content (AvgIpc) is 2.98. The summed E-state index contributed by atoms with van der Waals surface area (Å²) in [6.45, 7) is 4.36. The zero-order valence-corrected chi connectivity index (χ0v) is 15.2. The molecule has 0 aliphatic carbocycles. The van der Waals surface area contributed by atoms with E-state index in [1.165, 1.54) is 23.6 Å². The smallest absolute Gasteiger partial charge is 0.322 e. The minimum Gasteiger partial charge on any atom is -0.468 e. The molecular weight excluding hydrogens is 328 g/mol. The summed E-state index contributed by atoms with van der Waals surface area (Å²) in [5.74, 6) is -0.207. The molecule has 3 aliphatic heterocycles. The minimum absolute atomic E-state index is 0.00163. The van der Waals surface area contributed by atoms with E-state index < -0.39 is 5.41 Å². The molecular formula is C21H24N2O3. The number of carbonyl (C=O) groups is 1. The Labute approximate surface area is 153 Å². The maximum absolute atomic E-state index is 13.3. The fraction of sp³-hybridized carbons (Fsp3) is 0.476. The van der Waals surface area contributed by atoms with Crippen LogP contribution >= 0.6 is 0 Å². The number of benzene rings is 1. The van der Waals surface area contributed by atoms with E-state index in [1.54, 1.807) is 0 Å². The molecule has 26 heavy (non-hydrogen) atoms.